The van der Waals surface area contributed by atoms with Crippen LogP contribution < -0.4 is 4.72 Å². The average molecular weight is 366 g/mol. The molecule has 21 heavy (non-hydrogen) atoms. The van der Waals surface area contributed by atoms with E-state index in [9.17, 15) is 12.8 Å². The molecule has 5 nitrogen and oxygen atoms in total. The molecule has 0 spiro atoms. The Morgan fingerprint density at radius 1 is 1.33 bits per heavy atom. The van der Waals surface area contributed by atoms with E-state index in [0.29, 0.717) is 4.96 Å². The van der Waals surface area contributed by atoms with Gasteiger partial charge in [-0.2, -0.15) is 8.42 Å². The highest BCUT2D eigenvalue weighted by Crippen LogP contribution is 2.29. The number of thiazole rings is 1. The molecule has 3 aromatic rings. The molecule has 1 aromatic carbocycles. The maximum absolute atomic E-state index is 13.8. The minimum Gasteiger partial charge on any atom is -0.278 e. The number of nitrogens with zero attached hydrogens (tertiary/aromatic N) is 2. The Labute approximate surface area is 133 Å². The summed E-state index contributed by atoms with van der Waals surface area (Å²) in [5.74, 6) is -0.857. The number of halogens is 3. The molecule has 10 heteroatoms. The van der Waals surface area contributed by atoms with Crippen molar-refractivity contribution in [3.63, 3.8) is 0 Å². The molecule has 0 fully saturated rings. The van der Waals surface area contributed by atoms with Crippen molar-refractivity contribution in [2.24, 2.45) is 0 Å². The fourth-order valence-corrected chi connectivity index (χ4v) is 4.44. The molecule has 0 saturated carbocycles. The van der Waals surface area contributed by atoms with E-state index in [-0.39, 0.29) is 20.9 Å². The van der Waals surface area contributed by atoms with Crippen molar-refractivity contribution in [3.8, 4) is 0 Å². The van der Waals surface area contributed by atoms with Gasteiger partial charge in [0.2, 0.25) is 0 Å². The molecule has 0 bridgehead atoms. The van der Waals surface area contributed by atoms with E-state index in [1.807, 2.05) is 0 Å². The van der Waals surface area contributed by atoms with Gasteiger partial charge in [0, 0.05) is 11.6 Å². The Kier molecular flexibility index (Phi) is 3.56. The molecule has 0 aliphatic carbocycles. The number of sulfonamides is 1. The number of rotatable bonds is 3. The van der Waals surface area contributed by atoms with E-state index in [1.54, 1.807) is 5.38 Å². The minimum absolute atomic E-state index is 0.184. The van der Waals surface area contributed by atoms with Crippen LogP contribution in [-0.4, -0.2) is 17.8 Å². The molecule has 0 atom stereocenters. The second kappa shape index (κ2) is 5.13. The summed E-state index contributed by atoms with van der Waals surface area (Å²) < 4.78 is 42.1. The number of hydrogen-bond donors (Lipinski definition) is 1. The van der Waals surface area contributed by atoms with Gasteiger partial charge in [0.15, 0.2) is 21.0 Å². The zero-order valence-electron chi connectivity index (χ0n) is 10.0. The maximum atomic E-state index is 13.8. The average Bonchev–Trinajstić information content (AvgIpc) is 2.94. The lowest BCUT2D eigenvalue weighted by Gasteiger charge is -2.09. The standard InChI is InChI=1S/C11H6Cl2FN3O2S2/c12-6-2-1-3-7(8(6)14)16-21(18,19)10-9(13)15-11-17(10)4-5-20-11/h1-5,16H. The van der Waals surface area contributed by atoms with Crippen LogP contribution >= 0.6 is 34.5 Å². The van der Waals surface area contributed by atoms with E-state index < -0.39 is 15.8 Å². The second-order valence-corrected chi connectivity index (χ2v) is 7.21. The molecular weight excluding hydrogens is 360 g/mol. The first kappa shape index (κ1) is 14.6. The van der Waals surface area contributed by atoms with E-state index >= 15 is 0 Å². The van der Waals surface area contributed by atoms with Crippen LogP contribution in [0.15, 0.2) is 34.8 Å². The summed E-state index contributed by atoms with van der Waals surface area (Å²) in [6.45, 7) is 0. The molecule has 0 amide bonds. The summed E-state index contributed by atoms with van der Waals surface area (Å²) in [4.78, 5) is 4.35. The summed E-state index contributed by atoms with van der Waals surface area (Å²) in [7, 11) is -4.11. The lowest BCUT2D eigenvalue weighted by atomic mass is 10.3. The molecule has 0 radical (unpaired) electrons. The van der Waals surface area contributed by atoms with Crippen LogP contribution in [0.2, 0.25) is 10.2 Å². The van der Waals surface area contributed by atoms with Gasteiger partial charge in [-0.1, -0.05) is 29.3 Å². The number of aromatic nitrogens is 2. The number of imidazole rings is 1. The van der Waals surface area contributed by atoms with E-state index in [4.69, 9.17) is 23.2 Å². The summed E-state index contributed by atoms with van der Waals surface area (Å²) >= 11 is 12.7. The SMILES string of the molecule is O=S(=O)(Nc1cccc(Cl)c1F)c1c(Cl)nc2sccn12. The summed E-state index contributed by atoms with van der Waals surface area (Å²) in [6, 6.07) is 4.01. The maximum Gasteiger partial charge on any atom is 0.281 e. The highest BCUT2D eigenvalue weighted by Gasteiger charge is 2.26. The van der Waals surface area contributed by atoms with Crippen LogP contribution in [-0.2, 0) is 10.0 Å². The normalized spacial score (nSPS) is 12.0. The van der Waals surface area contributed by atoms with Gasteiger partial charge in [-0.25, -0.2) is 9.37 Å². The van der Waals surface area contributed by atoms with E-state index in [1.165, 1.54) is 40.1 Å². The van der Waals surface area contributed by atoms with Crippen molar-refractivity contribution >= 4 is 55.2 Å². The van der Waals surface area contributed by atoms with Crippen molar-refractivity contribution in [1.29, 1.82) is 0 Å². The van der Waals surface area contributed by atoms with Crippen molar-refractivity contribution in [1.82, 2.24) is 9.38 Å². The van der Waals surface area contributed by atoms with Crippen molar-refractivity contribution in [3.05, 3.63) is 45.8 Å². The van der Waals surface area contributed by atoms with Gasteiger partial charge < -0.3 is 0 Å². The largest absolute Gasteiger partial charge is 0.281 e. The number of anilines is 1. The smallest absolute Gasteiger partial charge is 0.278 e. The van der Waals surface area contributed by atoms with E-state index in [0.717, 1.165) is 0 Å². The topological polar surface area (TPSA) is 63.5 Å². The monoisotopic (exact) mass is 365 g/mol. The first-order chi connectivity index (χ1) is 9.90. The Hall–Kier alpha value is -1.35. The highest BCUT2D eigenvalue weighted by molar-refractivity contribution is 7.92. The molecule has 0 aliphatic rings. The van der Waals surface area contributed by atoms with Crippen molar-refractivity contribution < 1.29 is 12.8 Å². The first-order valence-electron chi connectivity index (χ1n) is 5.48. The zero-order valence-corrected chi connectivity index (χ0v) is 13.2. The van der Waals surface area contributed by atoms with Crippen LogP contribution in [0.3, 0.4) is 0 Å². The molecule has 110 valence electrons. The molecule has 3 rings (SSSR count). The fraction of sp³-hybridized carbons (Fsp3) is 0. The lowest BCUT2D eigenvalue weighted by molar-refractivity contribution is 0.594. The molecule has 2 aromatic heterocycles. The molecule has 1 N–H and O–H groups in total. The Bertz CT molecular complexity index is 936. The lowest BCUT2D eigenvalue weighted by Crippen LogP contribution is -2.16. The molecule has 2 heterocycles. The van der Waals surface area contributed by atoms with Gasteiger partial charge >= 0.3 is 0 Å². The summed E-state index contributed by atoms with van der Waals surface area (Å²) in [5, 5.41) is 1.05. The van der Waals surface area contributed by atoms with Gasteiger partial charge in [-0.15, -0.1) is 11.3 Å². The molecule has 0 unspecified atom stereocenters. The third kappa shape index (κ3) is 2.48. The molecule has 0 saturated heterocycles. The zero-order chi connectivity index (χ0) is 15.2. The quantitative estimate of drug-likeness (QED) is 0.770. The Morgan fingerprint density at radius 3 is 2.86 bits per heavy atom. The van der Waals surface area contributed by atoms with Crippen molar-refractivity contribution in [2.75, 3.05) is 4.72 Å². The number of fused-ring (bicyclic) bond motifs is 1. The van der Waals surface area contributed by atoms with E-state index in [2.05, 4.69) is 9.71 Å². The van der Waals surface area contributed by atoms with Crippen LogP contribution in [0.1, 0.15) is 0 Å². The summed E-state index contributed by atoms with van der Waals surface area (Å²) in [6.07, 6.45) is 1.52. The van der Waals surface area contributed by atoms with Crippen LogP contribution in [0.5, 0.6) is 0 Å². The first-order valence-corrected chi connectivity index (χ1v) is 8.60. The van der Waals surface area contributed by atoms with Gasteiger partial charge in [0.25, 0.3) is 10.0 Å². The van der Waals surface area contributed by atoms with Gasteiger partial charge in [-0.05, 0) is 12.1 Å². The minimum atomic E-state index is -4.11. The number of hydrogen-bond acceptors (Lipinski definition) is 4. The predicted octanol–water partition coefficient (Wildman–Crippen LogP) is 3.64. The van der Waals surface area contributed by atoms with Gasteiger partial charge in [0.05, 0.1) is 10.7 Å². The molecule has 0 aliphatic heterocycles. The fourth-order valence-electron chi connectivity index (χ4n) is 1.75. The van der Waals surface area contributed by atoms with Crippen LogP contribution in [0.25, 0.3) is 4.96 Å². The van der Waals surface area contributed by atoms with Crippen LogP contribution in [0.4, 0.5) is 10.1 Å². The number of benzene rings is 1. The third-order valence-electron chi connectivity index (χ3n) is 2.63. The van der Waals surface area contributed by atoms with Crippen LogP contribution in [0, 0.1) is 5.82 Å². The predicted molar refractivity (Wildman–Crippen MR) is 80.3 cm³/mol. The molecular formula is C11H6Cl2FN3O2S2. The third-order valence-corrected chi connectivity index (χ3v) is 5.44. The van der Waals surface area contributed by atoms with Gasteiger partial charge in [-0.3, -0.25) is 9.12 Å². The van der Waals surface area contributed by atoms with Gasteiger partial charge in [0.1, 0.15) is 0 Å². The number of nitrogens with one attached hydrogen (secondary N) is 1. The Morgan fingerprint density at radius 2 is 2.10 bits per heavy atom. The van der Waals surface area contributed by atoms with Crippen molar-refractivity contribution in [2.45, 2.75) is 5.03 Å². The highest BCUT2D eigenvalue weighted by atomic mass is 35.5. The summed E-state index contributed by atoms with van der Waals surface area (Å²) in [5.41, 5.74) is -0.260. The Balaban J connectivity index is 2.11. The second-order valence-electron chi connectivity index (χ2n) is 3.97.